The van der Waals surface area contributed by atoms with E-state index in [2.05, 4.69) is 10.3 Å². The predicted octanol–water partition coefficient (Wildman–Crippen LogP) is 3.96. The van der Waals surface area contributed by atoms with Gasteiger partial charge in [-0.1, -0.05) is 30.3 Å². The van der Waals surface area contributed by atoms with Gasteiger partial charge >= 0.3 is 0 Å². The quantitative estimate of drug-likeness (QED) is 0.508. The number of fused-ring (bicyclic) bond motifs is 1. The van der Waals surface area contributed by atoms with Gasteiger partial charge in [0.2, 0.25) is 5.91 Å². The zero-order valence-corrected chi connectivity index (χ0v) is 18.4. The first-order chi connectivity index (χ1) is 15.5. The van der Waals surface area contributed by atoms with Crippen LogP contribution in [0.3, 0.4) is 0 Å². The fourth-order valence-corrected chi connectivity index (χ4v) is 4.42. The van der Waals surface area contributed by atoms with Crippen LogP contribution in [-0.4, -0.2) is 47.1 Å². The molecule has 32 heavy (non-hydrogen) atoms. The van der Waals surface area contributed by atoms with Crippen molar-refractivity contribution in [2.45, 2.75) is 12.8 Å². The Morgan fingerprint density at radius 1 is 1.19 bits per heavy atom. The second-order valence-corrected chi connectivity index (χ2v) is 8.31. The molecule has 0 unspecified atom stereocenters. The number of carbonyl (C=O) groups excluding carboxylic acids is 3. The highest BCUT2D eigenvalue weighted by Crippen LogP contribution is 2.32. The van der Waals surface area contributed by atoms with Gasteiger partial charge in [0.15, 0.2) is 0 Å². The molecule has 0 bridgehead atoms. The van der Waals surface area contributed by atoms with Gasteiger partial charge in [0.25, 0.3) is 11.1 Å². The number of nitrogens with zero attached hydrogens (tertiary/aromatic N) is 1. The summed E-state index contributed by atoms with van der Waals surface area (Å²) in [5.74, 6) is 0.0948. The third-order valence-electron chi connectivity index (χ3n) is 5.22. The first-order valence-corrected chi connectivity index (χ1v) is 11.1. The van der Waals surface area contributed by atoms with Crippen molar-refractivity contribution in [3.8, 4) is 5.75 Å². The lowest BCUT2D eigenvalue weighted by molar-refractivity contribution is -0.124. The van der Waals surface area contributed by atoms with Crippen LogP contribution in [0.1, 0.15) is 17.5 Å². The van der Waals surface area contributed by atoms with Gasteiger partial charge in [0.1, 0.15) is 5.75 Å². The number of amides is 3. The molecule has 2 N–H and O–H groups in total. The largest absolute Gasteiger partial charge is 0.497 e. The Bertz CT molecular complexity index is 1200. The molecule has 8 heteroatoms. The van der Waals surface area contributed by atoms with Gasteiger partial charge in [-0.25, -0.2) is 0 Å². The summed E-state index contributed by atoms with van der Waals surface area (Å²) in [4.78, 5) is 41.8. The third-order valence-corrected chi connectivity index (χ3v) is 6.13. The van der Waals surface area contributed by atoms with Crippen LogP contribution in [0.4, 0.5) is 4.79 Å². The maximum Gasteiger partial charge on any atom is 0.293 e. The molecule has 0 saturated carbocycles. The van der Waals surface area contributed by atoms with Crippen molar-refractivity contribution < 1.29 is 19.1 Å². The molecule has 164 valence electrons. The van der Waals surface area contributed by atoms with E-state index in [1.54, 1.807) is 25.3 Å². The minimum Gasteiger partial charge on any atom is -0.497 e. The molecule has 1 fully saturated rings. The van der Waals surface area contributed by atoms with E-state index in [1.807, 2.05) is 42.6 Å². The van der Waals surface area contributed by atoms with Crippen LogP contribution >= 0.6 is 11.8 Å². The number of hydrogen-bond donors (Lipinski definition) is 2. The molecule has 3 aromatic rings. The van der Waals surface area contributed by atoms with Crippen molar-refractivity contribution in [3.63, 3.8) is 0 Å². The number of nitrogens with one attached hydrogen (secondary N) is 2. The molecule has 7 nitrogen and oxygen atoms in total. The van der Waals surface area contributed by atoms with Crippen molar-refractivity contribution in [1.29, 1.82) is 0 Å². The average molecular weight is 450 g/mol. The normalized spacial score (nSPS) is 15.0. The summed E-state index contributed by atoms with van der Waals surface area (Å²) in [6.07, 6.45) is 4.37. The van der Waals surface area contributed by atoms with Crippen molar-refractivity contribution in [2.75, 3.05) is 20.2 Å². The molecule has 1 saturated heterocycles. The molecule has 1 aliphatic rings. The van der Waals surface area contributed by atoms with E-state index in [4.69, 9.17) is 4.74 Å². The Labute approximate surface area is 189 Å². The highest BCUT2D eigenvalue weighted by Gasteiger charge is 2.35. The summed E-state index contributed by atoms with van der Waals surface area (Å²) in [5.41, 5.74) is 2.97. The highest BCUT2D eigenvalue weighted by molar-refractivity contribution is 8.18. The second-order valence-electron chi connectivity index (χ2n) is 7.32. The predicted molar refractivity (Wildman–Crippen MR) is 125 cm³/mol. The van der Waals surface area contributed by atoms with E-state index in [0.717, 1.165) is 38.7 Å². The Hall–Kier alpha value is -3.52. The molecule has 0 spiro atoms. The Balaban J connectivity index is 1.28. The number of imide groups is 1. The number of para-hydroxylation sites is 1. The molecule has 0 radical (unpaired) electrons. The first kappa shape index (κ1) is 21.7. The lowest BCUT2D eigenvalue weighted by atomic mass is 10.1. The van der Waals surface area contributed by atoms with Crippen LogP contribution in [0.15, 0.2) is 59.6 Å². The Kier molecular flexibility index (Phi) is 6.61. The van der Waals surface area contributed by atoms with E-state index in [9.17, 15) is 14.4 Å². The molecular weight excluding hydrogens is 426 g/mol. The first-order valence-electron chi connectivity index (χ1n) is 10.3. The van der Waals surface area contributed by atoms with Crippen molar-refractivity contribution in [1.82, 2.24) is 15.2 Å². The maximum atomic E-state index is 12.6. The van der Waals surface area contributed by atoms with Gasteiger partial charge in [-0.05, 0) is 53.6 Å². The van der Waals surface area contributed by atoms with Crippen LogP contribution in [0.2, 0.25) is 0 Å². The van der Waals surface area contributed by atoms with Crippen LogP contribution in [-0.2, 0) is 16.0 Å². The average Bonchev–Trinajstić information content (AvgIpc) is 3.33. The molecule has 1 aliphatic heterocycles. The maximum absolute atomic E-state index is 12.6. The standard InChI is InChI=1S/C24H23N3O4S/c1-31-18-6-4-5-16(13-18)14-21-23(29)27(24(30)32-21)12-10-22(28)25-11-9-17-15-26-20-8-3-2-7-19(17)20/h2-8,13-15,26H,9-12H2,1H3,(H,25,28)/b21-14-. The van der Waals surface area contributed by atoms with Crippen molar-refractivity contribution in [2.24, 2.45) is 0 Å². The second kappa shape index (κ2) is 9.74. The minimum atomic E-state index is -0.380. The number of hydrogen-bond acceptors (Lipinski definition) is 5. The SMILES string of the molecule is COc1cccc(/C=C2\SC(=O)N(CCC(=O)NCCc3c[nH]c4ccccc34)C2=O)c1. The number of aromatic nitrogens is 1. The van der Waals surface area contributed by atoms with Gasteiger partial charge in [-0.2, -0.15) is 0 Å². The lowest BCUT2D eigenvalue weighted by Gasteiger charge is -2.12. The third kappa shape index (κ3) is 4.86. The van der Waals surface area contributed by atoms with Gasteiger partial charge in [0.05, 0.1) is 12.0 Å². The fourth-order valence-electron chi connectivity index (χ4n) is 3.55. The molecule has 2 aromatic carbocycles. The highest BCUT2D eigenvalue weighted by atomic mass is 32.2. The van der Waals surface area contributed by atoms with Gasteiger partial charge in [-0.15, -0.1) is 0 Å². The molecule has 3 amide bonds. The van der Waals surface area contributed by atoms with E-state index < -0.39 is 0 Å². The summed E-state index contributed by atoms with van der Waals surface area (Å²) in [7, 11) is 1.57. The summed E-state index contributed by atoms with van der Waals surface area (Å²) >= 11 is 0.882. The van der Waals surface area contributed by atoms with Crippen molar-refractivity contribution >= 4 is 45.8 Å². The number of ether oxygens (including phenoxy) is 1. The number of carbonyl (C=O) groups is 3. The zero-order chi connectivity index (χ0) is 22.5. The number of rotatable bonds is 8. The lowest BCUT2D eigenvalue weighted by Crippen LogP contribution is -2.34. The summed E-state index contributed by atoms with van der Waals surface area (Å²) < 4.78 is 5.19. The minimum absolute atomic E-state index is 0.0546. The number of thioether (sulfide) groups is 1. The number of aromatic amines is 1. The van der Waals surface area contributed by atoms with E-state index >= 15 is 0 Å². The van der Waals surface area contributed by atoms with E-state index in [-0.39, 0.29) is 30.0 Å². The monoisotopic (exact) mass is 449 g/mol. The molecule has 0 aliphatic carbocycles. The van der Waals surface area contributed by atoms with Crippen LogP contribution in [0.5, 0.6) is 5.75 Å². The molecular formula is C24H23N3O4S. The number of benzene rings is 2. The summed E-state index contributed by atoms with van der Waals surface area (Å²) in [5, 5.41) is 3.64. The van der Waals surface area contributed by atoms with Gasteiger partial charge < -0.3 is 15.0 Å². The Morgan fingerprint density at radius 2 is 2.03 bits per heavy atom. The van der Waals surface area contributed by atoms with Crippen molar-refractivity contribution in [3.05, 3.63) is 70.8 Å². The van der Waals surface area contributed by atoms with Crippen LogP contribution in [0.25, 0.3) is 17.0 Å². The van der Waals surface area contributed by atoms with Gasteiger partial charge in [-0.3, -0.25) is 19.3 Å². The smallest absolute Gasteiger partial charge is 0.293 e. The Morgan fingerprint density at radius 3 is 2.88 bits per heavy atom. The molecule has 1 aromatic heterocycles. The molecule has 0 atom stereocenters. The topological polar surface area (TPSA) is 91.5 Å². The summed E-state index contributed by atoms with van der Waals surface area (Å²) in [6.45, 7) is 0.539. The van der Waals surface area contributed by atoms with Crippen LogP contribution < -0.4 is 10.1 Å². The number of methoxy groups -OCH3 is 1. The zero-order valence-electron chi connectivity index (χ0n) is 17.6. The molecule has 2 heterocycles. The van der Waals surface area contributed by atoms with E-state index in [0.29, 0.717) is 23.6 Å². The number of H-pyrrole nitrogens is 1. The van der Waals surface area contributed by atoms with E-state index in [1.165, 1.54) is 0 Å². The summed E-state index contributed by atoms with van der Waals surface area (Å²) in [6, 6.07) is 15.2. The van der Waals surface area contributed by atoms with Crippen LogP contribution in [0, 0.1) is 0 Å². The molecule has 4 rings (SSSR count). The van der Waals surface area contributed by atoms with Gasteiger partial charge in [0, 0.05) is 36.6 Å². The fraction of sp³-hybridized carbons (Fsp3) is 0.208.